The zero-order chi connectivity index (χ0) is 13.8. The average Bonchev–Trinajstić information content (AvgIpc) is 2.85. The van der Waals surface area contributed by atoms with Crippen LogP contribution in [0.4, 0.5) is 0 Å². The Labute approximate surface area is 121 Å². The third-order valence-corrected chi connectivity index (χ3v) is 4.24. The predicted octanol–water partition coefficient (Wildman–Crippen LogP) is 2.35. The number of carbonyl (C=O) groups is 1. The van der Waals surface area contributed by atoms with Gasteiger partial charge in [-0.2, -0.15) is 0 Å². The van der Waals surface area contributed by atoms with Gasteiger partial charge in [0.2, 0.25) is 0 Å². The van der Waals surface area contributed by atoms with Gasteiger partial charge in [0.25, 0.3) is 5.91 Å². The van der Waals surface area contributed by atoms with E-state index in [2.05, 4.69) is 21.2 Å². The van der Waals surface area contributed by atoms with Crippen LogP contribution in [0.2, 0.25) is 0 Å². The summed E-state index contributed by atoms with van der Waals surface area (Å²) in [5, 5.41) is 12.3. The van der Waals surface area contributed by atoms with Gasteiger partial charge in [-0.05, 0) is 47.0 Å². The van der Waals surface area contributed by atoms with Gasteiger partial charge >= 0.3 is 0 Å². The fourth-order valence-corrected chi connectivity index (χ4v) is 3.05. The maximum Gasteiger partial charge on any atom is 0.251 e. The number of ether oxygens (including phenoxy) is 1. The Hall–Kier alpha value is -1.07. The molecule has 0 heterocycles. The van der Waals surface area contributed by atoms with Gasteiger partial charge in [0.15, 0.2) is 0 Å². The fourth-order valence-electron chi connectivity index (χ4n) is 2.50. The molecule has 5 heteroatoms. The Balaban J connectivity index is 2.05. The number of hydrogen-bond donors (Lipinski definition) is 2. The third-order valence-electron chi connectivity index (χ3n) is 3.62. The highest BCUT2D eigenvalue weighted by Gasteiger charge is 2.28. The molecular weight excluding hydrogens is 310 g/mol. The summed E-state index contributed by atoms with van der Waals surface area (Å²) in [4.78, 5) is 12.2. The van der Waals surface area contributed by atoms with E-state index in [4.69, 9.17) is 4.74 Å². The molecule has 2 atom stereocenters. The second-order valence-electron chi connectivity index (χ2n) is 4.80. The molecule has 1 aromatic carbocycles. The zero-order valence-electron chi connectivity index (χ0n) is 10.9. The Kier molecular flexibility index (Phi) is 4.82. The zero-order valence-corrected chi connectivity index (χ0v) is 12.4. The molecule has 104 valence electrons. The Morgan fingerprint density at radius 1 is 1.53 bits per heavy atom. The lowest BCUT2D eigenvalue weighted by Crippen LogP contribution is -2.38. The van der Waals surface area contributed by atoms with E-state index < -0.39 is 0 Å². The number of carbonyl (C=O) groups excluding carboxylic acids is 1. The van der Waals surface area contributed by atoms with Crippen LogP contribution in [0, 0.1) is 5.92 Å². The minimum absolute atomic E-state index is 0.0818. The molecule has 0 aromatic heterocycles. The van der Waals surface area contributed by atoms with Crippen LogP contribution >= 0.6 is 15.9 Å². The van der Waals surface area contributed by atoms with E-state index in [1.54, 1.807) is 25.3 Å². The van der Waals surface area contributed by atoms with Gasteiger partial charge in [-0.1, -0.05) is 6.42 Å². The summed E-state index contributed by atoms with van der Waals surface area (Å²) in [6.45, 7) is 0.136. The van der Waals surface area contributed by atoms with Crippen molar-refractivity contribution in [3.8, 4) is 5.75 Å². The largest absolute Gasteiger partial charge is 0.496 e. The first-order valence-corrected chi connectivity index (χ1v) is 7.20. The van der Waals surface area contributed by atoms with Crippen LogP contribution < -0.4 is 10.1 Å². The summed E-state index contributed by atoms with van der Waals surface area (Å²) in [5.74, 6) is 0.782. The number of halogens is 1. The van der Waals surface area contributed by atoms with Crippen LogP contribution in [0.3, 0.4) is 0 Å². The van der Waals surface area contributed by atoms with Crippen LogP contribution in [0.25, 0.3) is 0 Å². The molecule has 1 saturated carbocycles. The van der Waals surface area contributed by atoms with Crippen molar-refractivity contribution in [1.82, 2.24) is 5.32 Å². The maximum atomic E-state index is 12.2. The normalized spacial score (nSPS) is 22.3. The summed E-state index contributed by atoms with van der Waals surface area (Å²) in [5.41, 5.74) is 0.594. The number of rotatable bonds is 4. The quantitative estimate of drug-likeness (QED) is 0.892. The molecular formula is C14H18BrNO3. The first-order valence-electron chi connectivity index (χ1n) is 6.41. The summed E-state index contributed by atoms with van der Waals surface area (Å²) in [6, 6.07) is 5.33. The van der Waals surface area contributed by atoms with Crippen LogP contribution in [0.15, 0.2) is 22.7 Å². The Bertz CT molecular complexity index is 464. The molecule has 1 amide bonds. The number of methoxy groups -OCH3 is 1. The highest BCUT2D eigenvalue weighted by molar-refractivity contribution is 9.10. The van der Waals surface area contributed by atoms with Gasteiger partial charge < -0.3 is 15.2 Å². The average molecular weight is 328 g/mol. The molecule has 2 unspecified atom stereocenters. The minimum atomic E-state index is -0.103. The lowest BCUT2D eigenvalue weighted by Gasteiger charge is -2.19. The summed E-state index contributed by atoms with van der Waals surface area (Å²) in [6.07, 6.45) is 2.98. The molecule has 1 aliphatic carbocycles. The summed E-state index contributed by atoms with van der Waals surface area (Å²) >= 11 is 3.37. The molecule has 19 heavy (non-hydrogen) atoms. The fraction of sp³-hybridized carbons (Fsp3) is 0.500. The minimum Gasteiger partial charge on any atom is -0.496 e. The van der Waals surface area contributed by atoms with Gasteiger partial charge in [0.1, 0.15) is 5.75 Å². The van der Waals surface area contributed by atoms with Crippen molar-refractivity contribution in [1.29, 1.82) is 0 Å². The number of benzene rings is 1. The van der Waals surface area contributed by atoms with E-state index >= 15 is 0 Å². The number of aliphatic hydroxyl groups excluding tert-OH is 1. The van der Waals surface area contributed by atoms with E-state index in [0.29, 0.717) is 11.3 Å². The molecule has 1 fully saturated rings. The van der Waals surface area contributed by atoms with E-state index in [1.807, 2.05) is 0 Å². The molecule has 1 aliphatic rings. The molecule has 0 spiro atoms. The molecule has 0 bridgehead atoms. The predicted molar refractivity (Wildman–Crippen MR) is 76.4 cm³/mol. The monoisotopic (exact) mass is 327 g/mol. The first kappa shape index (κ1) is 14.3. The van der Waals surface area contributed by atoms with Crippen LogP contribution in [0.5, 0.6) is 5.75 Å². The van der Waals surface area contributed by atoms with Gasteiger partial charge in [0.05, 0.1) is 11.6 Å². The molecule has 0 radical (unpaired) electrons. The van der Waals surface area contributed by atoms with Crippen molar-refractivity contribution in [2.75, 3.05) is 13.7 Å². The number of aliphatic hydroxyl groups is 1. The molecule has 0 saturated heterocycles. The van der Waals surface area contributed by atoms with Gasteiger partial charge in [0, 0.05) is 24.1 Å². The second kappa shape index (κ2) is 6.39. The standard InChI is InChI=1S/C14H18BrNO3/c1-19-13-6-5-9(7-11(13)15)14(18)16-12-4-2-3-10(12)8-17/h5-7,10,12,17H,2-4,8H2,1H3,(H,16,18). The van der Waals surface area contributed by atoms with Gasteiger partial charge in [-0.3, -0.25) is 4.79 Å². The van der Waals surface area contributed by atoms with Crippen molar-refractivity contribution < 1.29 is 14.6 Å². The molecule has 1 aromatic rings. The molecule has 2 N–H and O–H groups in total. The van der Waals surface area contributed by atoms with Gasteiger partial charge in [-0.25, -0.2) is 0 Å². The molecule has 4 nitrogen and oxygen atoms in total. The highest BCUT2D eigenvalue weighted by Crippen LogP contribution is 2.27. The van der Waals surface area contributed by atoms with Crippen molar-refractivity contribution in [3.63, 3.8) is 0 Å². The van der Waals surface area contributed by atoms with Crippen molar-refractivity contribution in [2.24, 2.45) is 5.92 Å². The smallest absolute Gasteiger partial charge is 0.251 e. The van der Waals surface area contributed by atoms with Crippen LogP contribution in [-0.4, -0.2) is 30.8 Å². The highest BCUT2D eigenvalue weighted by atomic mass is 79.9. The van der Waals surface area contributed by atoms with Crippen LogP contribution in [-0.2, 0) is 0 Å². The third kappa shape index (κ3) is 3.28. The topological polar surface area (TPSA) is 58.6 Å². The van der Waals surface area contributed by atoms with Crippen molar-refractivity contribution in [3.05, 3.63) is 28.2 Å². The summed E-state index contributed by atoms with van der Waals surface area (Å²) < 4.78 is 5.89. The molecule has 2 rings (SSSR count). The molecule has 0 aliphatic heterocycles. The Morgan fingerprint density at radius 2 is 2.32 bits per heavy atom. The van der Waals surface area contributed by atoms with Crippen LogP contribution in [0.1, 0.15) is 29.6 Å². The maximum absolute atomic E-state index is 12.2. The van der Waals surface area contributed by atoms with E-state index in [9.17, 15) is 9.90 Å². The van der Waals surface area contributed by atoms with Gasteiger partial charge in [-0.15, -0.1) is 0 Å². The summed E-state index contributed by atoms with van der Waals surface area (Å²) in [7, 11) is 1.59. The van der Waals surface area contributed by atoms with Crippen molar-refractivity contribution in [2.45, 2.75) is 25.3 Å². The number of amides is 1. The number of nitrogens with one attached hydrogen (secondary N) is 1. The number of hydrogen-bond acceptors (Lipinski definition) is 3. The lowest BCUT2D eigenvalue weighted by atomic mass is 10.0. The first-order chi connectivity index (χ1) is 9.15. The van der Waals surface area contributed by atoms with E-state index in [0.717, 1.165) is 23.7 Å². The lowest BCUT2D eigenvalue weighted by molar-refractivity contribution is 0.0916. The van der Waals surface area contributed by atoms with E-state index in [-0.39, 0.29) is 24.5 Å². The van der Waals surface area contributed by atoms with E-state index in [1.165, 1.54) is 0 Å². The Morgan fingerprint density at radius 3 is 2.95 bits per heavy atom. The van der Waals surface area contributed by atoms with Crippen molar-refractivity contribution >= 4 is 21.8 Å². The second-order valence-corrected chi connectivity index (χ2v) is 5.66. The SMILES string of the molecule is COc1ccc(C(=O)NC2CCCC2CO)cc1Br.